The average molecular weight is 396 g/mol. The molecule has 0 fully saturated rings. The van der Waals surface area contributed by atoms with E-state index < -0.39 is 11.9 Å². The molecule has 0 aliphatic rings. The van der Waals surface area contributed by atoms with Crippen molar-refractivity contribution in [3.8, 4) is 16.2 Å². The van der Waals surface area contributed by atoms with Crippen LogP contribution in [0.2, 0.25) is 0 Å². The smallest absolute Gasteiger partial charge is 0.271 e. The van der Waals surface area contributed by atoms with Gasteiger partial charge in [0, 0.05) is 10.4 Å². The topological polar surface area (TPSA) is 64.3 Å². The molecule has 7 heteroatoms. The molecule has 1 N–H and O–H groups in total. The number of halogens is 1. The molecule has 0 saturated heterocycles. The summed E-state index contributed by atoms with van der Waals surface area (Å²) in [5.41, 5.74) is 1.45. The van der Waals surface area contributed by atoms with Gasteiger partial charge in [0.1, 0.15) is 16.3 Å². The normalized spacial score (nSPS) is 12.2. The van der Waals surface area contributed by atoms with E-state index >= 15 is 0 Å². The molecule has 5 nitrogen and oxygen atoms in total. The number of hydrogen-bond acceptors (Lipinski definition) is 5. The fourth-order valence-corrected chi connectivity index (χ4v) is 4.07. The maximum absolute atomic E-state index is 13.9. The predicted molar refractivity (Wildman–Crippen MR) is 107 cm³/mol. The van der Waals surface area contributed by atoms with Crippen LogP contribution in [0.3, 0.4) is 0 Å². The van der Waals surface area contributed by atoms with Crippen molar-refractivity contribution >= 4 is 21.6 Å². The number of benzene rings is 2. The van der Waals surface area contributed by atoms with E-state index in [1.807, 2.05) is 30.3 Å². The first-order valence-electron chi connectivity index (χ1n) is 8.62. The molecule has 2 aromatic carbocycles. The van der Waals surface area contributed by atoms with Crippen molar-refractivity contribution in [2.75, 3.05) is 7.11 Å². The third-order valence-electron chi connectivity index (χ3n) is 4.51. The van der Waals surface area contributed by atoms with Crippen molar-refractivity contribution in [3.05, 3.63) is 82.7 Å². The van der Waals surface area contributed by atoms with Crippen LogP contribution in [0.15, 0.2) is 65.7 Å². The van der Waals surface area contributed by atoms with Gasteiger partial charge < -0.3 is 9.84 Å². The number of ether oxygens (including phenoxy) is 1. The molecule has 0 aliphatic carbocycles. The molecule has 2 aromatic heterocycles. The van der Waals surface area contributed by atoms with E-state index in [9.17, 15) is 14.3 Å². The van der Waals surface area contributed by atoms with Gasteiger partial charge in [-0.3, -0.25) is 9.36 Å². The zero-order chi connectivity index (χ0) is 19.7. The Labute approximate surface area is 164 Å². The minimum Gasteiger partial charge on any atom is -0.497 e. The van der Waals surface area contributed by atoms with Crippen molar-refractivity contribution in [2.45, 2.75) is 12.6 Å². The summed E-state index contributed by atoms with van der Waals surface area (Å²) < 4.78 is 20.8. The lowest BCUT2D eigenvalue weighted by Crippen LogP contribution is -2.23. The highest BCUT2D eigenvalue weighted by molar-refractivity contribution is 7.22. The van der Waals surface area contributed by atoms with Gasteiger partial charge >= 0.3 is 0 Å². The van der Waals surface area contributed by atoms with Crippen LogP contribution >= 0.6 is 11.3 Å². The molecule has 0 bridgehead atoms. The molecule has 0 radical (unpaired) electrons. The number of thiophene rings is 1. The van der Waals surface area contributed by atoms with E-state index in [2.05, 4.69) is 4.98 Å². The summed E-state index contributed by atoms with van der Waals surface area (Å²) in [5.74, 6) is 0.252. The second kappa shape index (κ2) is 7.53. The molecule has 1 atom stereocenters. The third kappa shape index (κ3) is 3.42. The zero-order valence-electron chi connectivity index (χ0n) is 15.0. The Kier molecular flexibility index (Phi) is 4.93. The minimum absolute atomic E-state index is 0.0710. The van der Waals surface area contributed by atoms with Gasteiger partial charge in [0.05, 0.1) is 31.6 Å². The van der Waals surface area contributed by atoms with Crippen LogP contribution in [0.25, 0.3) is 20.7 Å². The lowest BCUT2D eigenvalue weighted by molar-refractivity contribution is 0.150. The maximum Gasteiger partial charge on any atom is 0.271 e. The summed E-state index contributed by atoms with van der Waals surface area (Å²) in [6, 6.07) is 15.4. The molecule has 0 amide bonds. The fraction of sp³-hybridized carbons (Fsp3) is 0.143. The predicted octanol–water partition coefficient (Wildman–Crippen LogP) is 4.01. The van der Waals surface area contributed by atoms with Gasteiger partial charge in [0.25, 0.3) is 5.56 Å². The summed E-state index contributed by atoms with van der Waals surface area (Å²) in [7, 11) is 1.61. The molecule has 4 rings (SSSR count). The molecule has 0 saturated carbocycles. The zero-order valence-corrected chi connectivity index (χ0v) is 15.8. The molecule has 4 aromatic rings. The van der Waals surface area contributed by atoms with E-state index in [0.29, 0.717) is 10.2 Å². The highest BCUT2D eigenvalue weighted by Crippen LogP contribution is 2.31. The van der Waals surface area contributed by atoms with Gasteiger partial charge in [0.2, 0.25) is 0 Å². The number of nitrogens with zero attached hydrogens (tertiary/aromatic N) is 2. The Balaban J connectivity index is 1.67. The van der Waals surface area contributed by atoms with E-state index in [1.54, 1.807) is 19.2 Å². The molecule has 0 aliphatic heterocycles. The van der Waals surface area contributed by atoms with Gasteiger partial charge in [-0.1, -0.05) is 18.2 Å². The second-order valence-corrected chi connectivity index (χ2v) is 7.35. The van der Waals surface area contributed by atoms with Crippen LogP contribution in [0.4, 0.5) is 4.39 Å². The van der Waals surface area contributed by atoms with E-state index in [4.69, 9.17) is 4.74 Å². The van der Waals surface area contributed by atoms with Crippen molar-refractivity contribution in [3.63, 3.8) is 0 Å². The Bertz CT molecular complexity index is 1180. The summed E-state index contributed by atoms with van der Waals surface area (Å²) >= 11 is 1.34. The van der Waals surface area contributed by atoms with Gasteiger partial charge in [-0.25, -0.2) is 9.37 Å². The number of rotatable bonds is 5. The Morgan fingerprint density at radius 3 is 2.68 bits per heavy atom. The lowest BCUT2D eigenvalue weighted by atomic mass is 10.1. The molecule has 2 heterocycles. The number of hydrogen-bond donors (Lipinski definition) is 1. The number of aliphatic hydroxyl groups is 1. The molecule has 0 unspecified atom stereocenters. The first-order chi connectivity index (χ1) is 13.6. The summed E-state index contributed by atoms with van der Waals surface area (Å²) in [6.07, 6.45) is 0.248. The maximum atomic E-state index is 13.9. The van der Waals surface area contributed by atoms with Crippen LogP contribution in [0.5, 0.6) is 5.75 Å². The number of aromatic nitrogens is 2. The van der Waals surface area contributed by atoms with Gasteiger partial charge in [-0.2, -0.15) is 0 Å². The standard InChI is InChI=1S/C21H17FN2O3S/c1-27-14-8-6-13(7-9-14)19-10-17-20(28-19)21(26)24(12-23-17)11-18(25)15-4-2-3-5-16(15)22/h2-10,12,18,25H,11H2,1H3/t18-/m0/s1. The van der Waals surface area contributed by atoms with Crippen molar-refractivity contribution in [1.82, 2.24) is 9.55 Å². The average Bonchev–Trinajstić information content (AvgIpc) is 3.15. The van der Waals surface area contributed by atoms with Crippen LogP contribution in [0, 0.1) is 5.82 Å². The van der Waals surface area contributed by atoms with Gasteiger partial charge in [-0.05, 0) is 42.0 Å². The minimum atomic E-state index is -1.14. The number of methoxy groups -OCH3 is 1. The Morgan fingerprint density at radius 2 is 1.96 bits per heavy atom. The van der Waals surface area contributed by atoms with Crippen molar-refractivity contribution in [1.29, 1.82) is 0 Å². The molecule has 28 heavy (non-hydrogen) atoms. The summed E-state index contributed by atoms with van der Waals surface area (Å²) in [4.78, 5) is 18.1. The van der Waals surface area contributed by atoms with Gasteiger partial charge in [-0.15, -0.1) is 11.3 Å². The third-order valence-corrected chi connectivity index (χ3v) is 5.67. The van der Waals surface area contributed by atoms with Crippen molar-refractivity contribution in [2.24, 2.45) is 0 Å². The number of aliphatic hydroxyl groups excluding tert-OH is 1. The Morgan fingerprint density at radius 1 is 1.21 bits per heavy atom. The quantitative estimate of drug-likeness (QED) is 0.554. The van der Waals surface area contributed by atoms with E-state index in [0.717, 1.165) is 16.2 Å². The monoisotopic (exact) mass is 396 g/mol. The van der Waals surface area contributed by atoms with Crippen LogP contribution < -0.4 is 10.3 Å². The molecule has 0 spiro atoms. The summed E-state index contributed by atoms with van der Waals surface area (Å²) in [6.45, 7) is -0.0710. The van der Waals surface area contributed by atoms with Crippen LogP contribution in [-0.4, -0.2) is 21.8 Å². The molecular weight excluding hydrogens is 379 g/mol. The highest BCUT2D eigenvalue weighted by Gasteiger charge is 2.16. The number of fused-ring (bicyclic) bond motifs is 1. The van der Waals surface area contributed by atoms with Crippen LogP contribution in [0.1, 0.15) is 11.7 Å². The highest BCUT2D eigenvalue weighted by atomic mass is 32.1. The van der Waals surface area contributed by atoms with Crippen molar-refractivity contribution < 1.29 is 14.2 Å². The fourth-order valence-electron chi connectivity index (χ4n) is 3.00. The lowest BCUT2D eigenvalue weighted by Gasteiger charge is -2.13. The van der Waals surface area contributed by atoms with Gasteiger partial charge in [0.15, 0.2) is 0 Å². The largest absolute Gasteiger partial charge is 0.497 e. The van der Waals surface area contributed by atoms with E-state index in [-0.39, 0.29) is 17.7 Å². The molecular formula is C21H17FN2O3S. The first-order valence-corrected chi connectivity index (χ1v) is 9.44. The second-order valence-electron chi connectivity index (χ2n) is 6.29. The Hall–Kier alpha value is -3.03. The SMILES string of the molecule is COc1ccc(-c2cc3ncn(C[C@H](O)c4ccccc4F)c(=O)c3s2)cc1. The van der Waals surface area contributed by atoms with Crippen LogP contribution in [-0.2, 0) is 6.54 Å². The van der Waals surface area contributed by atoms with E-state index in [1.165, 1.54) is 34.4 Å². The molecule has 142 valence electrons. The summed E-state index contributed by atoms with van der Waals surface area (Å²) in [5, 5.41) is 10.3. The first kappa shape index (κ1) is 18.3.